The highest BCUT2D eigenvalue weighted by Gasteiger charge is 2.16. The number of amides is 2. The molecule has 0 unspecified atom stereocenters. The summed E-state index contributed by atoms with van der Waals surface area (Å²) in [6.07, 6.45) is 0. The van der Waals surface area contributed by atoms with Crippen LogP contribution in [-0.4, -0.2) is 14.4 Å². The molecule has 0 aromatic heterocycles. The minimum absolute atomic E-state index is 0.0491. The Labute approximate surface area is 166 Å². The molecule has 3 rings (SSSR count). The predicted molar refractivity (Wildman–Crippen MR) is 108 cm³/mol. The quantitative estimate of drug-likeness (QED) is 0.548. The number of nitrogens with one attached hydrogen (secondary N) is 3. The lowest BCUT2D eigenvalue weighted by atomic mass is 10.3. The lowest BCUT2D eigenvalue weighted by Gasteiger charge is -2.11. The van der Waals surface area contributed by atoms with Gasteiger partial charge in [-0.05, 0) is 54.6 Å². The van der Waals surface area contributed by atoms with Crippen LogP contribution in [0.4, 0.5) is 26.2 Å². The largest absolute Gasteiger partial charge is 0.323 e. The van der Waals surface area contributed by atoms with Crippen molar-refractivity contribution in [2.45, 2.75) is 4.90 Å². The molecule has 0 atom stereocenters. The highest BCUT2D eigenvalue weighted by atomic mass is 35.5. The zero-order valence-electron chi connectivity index (χ0n) is 14.3. The molecule has 0 radical (unpaired) electrons. The third-order valence-electron chi connectivity index (χ3n) is 3.62. The standard InChI is InChI=1S/C19H15ClFN3O3S/c20-17-6-1-2-7-18(17)24-28(26,27)16-5-3-4-15(12-16)23-19(25)22-14-10-8-13(21)9-11-14/h1-12,24H,(H2,22,23,25). The number of hydrogen-bond acceptors (Lipinski definition) is 3. The summed E-state index contributed by atoms with van der Waals surface area (Å²) < 4.78 is 40.5. The van der Waals surface area contributed by atoms with Crippen LogP contribution in [0, 0.1) is 5.82 Å². The number of benzene rings is 3. The van der Waals surface area contributed by atoms with Gasteiger partial charge in [0.25, 0.3) is 10.0 Å². The first kappa shape index (κ1) is 19.7. The Hall–Kier alpha value is -3.10. The lowest BCUT2D eigenvalue weighted by molar-refractivity contribution is 0.262. The summed E-state index contributed by atoms with van der Waals surface area (Å²) >= 11 is 5.99. The maximum Gasteiger partial charge on any atom is 0.323 e. The molecule has 0 saturated carbocycles. The normalized spacial score (nSPS) is 10.9. The maximum absolute atomic E-state index is 12.9. The number of carbonyl (C=O) groups excluding carboxylic acids is 1. The zero-order valence-corrected chi connectivity index (χ0v) is 15.9. The molecule has 0 fully saturated rings. The topological polar surface area (TPSA) is 87.3 Å². The van der Waals surface area contributed by atoms with Crippen molar-refractivity contribution in [3.63, 3.8) is 0 Å². The van der Waals surface area contributed by atoms with Gasteiger partial charge in [0.2, 0.25) is 0 Å². The van der Waals surface area contributed by atoms with Gasteiger partial charge in [-0.2, -0.15) is 0 Å². The van der Waals surface area contributed by atoms with E-state index in [0.717, 1.165) is 0 Å². The van der Waals surface area contributed by atoms with Crippen LogP contribution < -0.4 is 15.4 Å². The SMILES string of the molecule is O=C(Nc1ccc(F)cc1)Nc1cccc(S(=O)(=O)Nc2ccccc2Cl)c1. The zero-order chi connectivity index (χ0) is 20.1. The Morgan fingerprint density at radius 1 is 0.857 bits per heavy atom. The van der Waals surface area contributed by atoms with Crippen molar-refractivity contribution in [3.8, 4) is 0 Å². The van der Waals surface area contributed by atoms with Gasteiger partial charge in [-0.1, -0.05) is 29.8 Å². The van der Waals surface area contributed by atoms with E-state index in [4.69, 9.17) is 11.6 Å². The van der Waals surface area contributed by atoms with Crippen molar-refractivity contribution < 1.29 is 17.6 Å². The van der Waals surface area contributed by atoms with E-state index in [1.807, 2.05) is 0 Å². The van der Waals surface area contributed by atoms with Crippen molar-refractivity contribution in [1.82, 2.24) is 0 Å². The Balaban J connectivity index is 1.73. The number of sulfonamides is 1. The van der Waals surface area contributed by atoms with Crippen LogP contribution in [0.15, 0.2) is 77.7 Å². The summed E-state index contributed by atoms with van der Waals surface area (Å²) in [5.41, 5.74) is 0.904. The molecule has 6 nitrogen and oxygen atoms in total. The fourth-order valence-corrected chi connectivity index (χ4v) is 3.68. The van der Waals surface area contributed by atoms with Crippen molar-refractivity contribution in [2.24, 2.45) is 0 Å². The fourth-order valence-electron chi connectivity index (χ4n) is 2.32. The third kappa shape index (κ3) is 4.99. The smallest absolute Gasteiger partial charge is 0.308 e. The summed E-state index contributed by atoms with van der Waals surface area (Å²) in [7, 11) is -3.91. The Morgan fingerprint density at radius 2 is 1.54 bits per heavy atom. The molecule has 2 amide bonds. The van der Waals surface area contributed by atoms with Crippen molar-refractivity contribution in [1.29, 1.82) is 0 Å². The van der Waals surface area contributed by atoms with Gasteiger partial charge in [0.1, 0.15) is 5.82 Å². The first-order valence-electron chi connectivity index (χ1n) is 8.04. The number of anilines is 3. The predicted octanol–water partition coefficient (Wildman–Crippen LogP) is 4.92. The molecule has 3 aromatic rings. The molecule has 0 heterocycles. The van der Waals surface area contributed by atoms with E-state index >= 15 is 0 Å². The van der Waals surface area contributed by atoms with Crippen LogP contribution in [-0.2, 0) is 10.0 Å². The van der Waals surface area contributed by atoms with Gasteiger partial charge in [-0.3, -0.25) is 4.72 Å². The lowest BCUT2D eigenvalue weighted by Crippen LogP contribution is -2.20. The molecule has 3 aromatic carbocycles. The number of rotatable bonds is 5. The molecule has 0 saturated heterocycles. The van der Waals surface area contributed by atoms with Gasteiger partial charge < -0.3 is 10.6 Å². The van der Waals surface area contributed by atoms with Crippen LogP contribution >= 0.6 is 11.6 Å². The summed E-state index contributed by atoms with van der Waals surface area (Å²) in [5, 5.41) is 5.32. The maximum atomic E-state index is 12.9. The van der Waals surface area contributed by atoms with E-state index in [-0.39, 0.29) is 21.3 Å². The van der Waals surface area contributed by atoms with Crippen LogP contribution in [0.5, 0.6) is 0 Å². The molecule has 9 heteroatoms. The average Bonchev–Trinajstić information content (AvgIpc) is 2.65. The second kappa shape index (κ2) is 8.28. The number of carbonyl (C=O) groups is 1. The van der Waals surface area contributed by atoms with E-state index < -0.39 is 21.9 Å². The van der Waals surface area contributed by atoms with Crippen LogP contribution in [0.3, 0.4) is 0 Å². The summed E-state index contributed by atoms with van der Waals surface area (Å²) in [6, 6.07) is 16.8. The van der Waals surface area contributed by atoms with E-state index in [2.05, 4.69) is 15.4 Å². The summed E-state index contributed by atoms with van der Waals surface area (Å²) in [4.78, 5) is 12.0. The monoisotopic (exact) mass is 419 g/mol. The molecule has 0 bridgehead atoms. The minimum atomic E-state index is -3.91. The van der Waals surface area contributed by atoms with Crippen LogP contribution in [0.1, 0.15) is 0 Å². The van der Waals surface area contributed by atoms with Crippen LogP contribution in [0.25, 0.3) is 0 Å². The molecular weight excluding hydrogens is 405 g/mol. The Morgan fingerprint density at radius 3 is 2.25 bits per heavy atom. The highest BCUT2D eigenvalue weighted by Crippen LogP contribution is 2.25. The van der Waals surface area contributed by atoms with E-state index in [0.29, 0.717) is 5.69 Å². The molecule has 0 aliphatic heterocycles. The summed E-state index contributed by atoms with van der Waals surface area (Å²) in [5.74, 6) is -0.421. The van der Waals surface area contributed by atoms with Crippen molar-refractivity contribution in [3.05, 3.63) is 83.6 Å². The van der Waals surface area contributed by atoms with Crippen molar-refractivity contribution >= 4 is 44.7 Å². The number of urea groups is 1. The second-order valence-electron chi connectivity index (χ2n) is 5.70. The molecule has 144 valence electrons. The van der Waals surface area contributed by atoms with Gasteiger partial charge >= 0.3 is 6.03 Å². The van der Waals surface area contributed by atoms with E-state index in [1.54, 1.807) is 24.3 Å². The van der Waals surface area contributed by atoms with E-state index in [1.165, 1.54) is 48.5 Å². The first-order chi connectivity index (χ1) is 13.3. The minimum Gasteiger partial charge on any atom is -0.308 e. The molecule has 0 aliphatic carbocycles. The van der Waals surface area contributed by atoms with Gasteiger partial charge in [-0.25, -0.2) is 17.6 Å². The molecule has 3 N–H and O–H groups in total. The Bertz CT molecular complexity index is 1110. The second-order valence-corrected chi connectivity index (χ2v) is 7.79. The molecule has 28 heavy (non-hydrogen) atoms. The Kier molecular flexibility index (Phi) is 5.81. The molecular formula is C19H15ClFN3O3S. The van der Waals surface area contributed by atoms with Gasteiger partial charge in [0.15, 0.2) is 0 Å². The van der Waals surface area contributed by atoms with Gasteiger partial charge in [0, 0.05) is 11.4 Å². The van der Waals surface area contributed by atoms with E-state index in [9.17, 15) is 17.6 Å². The third-order valence-corrected chi connectivity index (χ3v) is 5.32. The average molecular weight is 420 g/mol. The molecule has 0 aliphatic rings. The van der Waals surface area contributed by atoms with Gasteiger partial charge in [0.05, 0.1) is 15.6 Å². The van der Waals surface area contributed by atoms with Gasteiger partial charge in [-0.15, -0.1) is 0 Å². The number of halogens is 2. The first-order valence-corrected chi connectivity index (χ1v) is 9.90. The number of hydrogen-bond donors (Lipinski definition) is 3. The summed E-state index contributed by atoms with van der Waals surface area (Å²) in [6.45, 7) is 0. The van der Waals surface area contributed by atoms with Crippen LogP contribution in [0.2, 0.25) is 5.02 Å². The molecule has 0 spiro atoms. The van der Waals surface area contributed by atoms with Crippen molar-refractivity contribution in [2.75, 3.05) is 15.4 Å². The highest BCUT2D eigenvalue weighted by molar-refractivity contribution is 7.92. The number of para-hydroxylation sites is 1. The fraction of sp³-hybridized carbons (Fsp3) is 0.